The fraction of sp³-hybridized carbons (Fsp3) is 0.583. The predicted molar refractivity (Wildman–Crippen MR) is 66.4 cm³/mol. The molecule has 0 atom stereocenters. The molecule has 0 aliphatic carbocycles. The van der Waals surface area contributed by atoms with Crippen molar-refractivity contribution >= 4 is 17.2 Å². The summed E-state index contributed by atoms with van der Waals surface area (Å²) in [5.41, 5.74) is 0.471. The Bertz CT molecular complexity index is 396. The summed E-state index contributed by atoms with van der Waals surface area (Å²) in [6.45, 7) is 3.06. The fourth-order valence-electron chi connectivity index (χ4n) is 1.99. The minimum atomic E-state index is -0.508. The summed E-state index contributed by atoms with van der Waals surface area (Å²) in [5, 5.41) is 14.4. The van der Waals surface area contributed by atoms with Crippen molar-refractivity contribution in [1.82, 2.24) is 5.32 Å². The molecular weight excluding hydrogens is 238 g/mol. The van der Waals surface area contributed by atoms with E-state index in [4.69, 9.17) is 4.74 Å². The highest BCUT2D eigenvalue weighted by atomic mass is 32.1. The van der Waals surface area contributed by atoms with Crippen LogP contribution in [0.1, 0.15) is 28.1 Å². The van der Waals surface area contributed by atoms with Crippen LogP contribution in [0.2, 0.25) is 0 Å². The van der Waals surface area contributed by atoms with Crippen LogP contribution in [0.15, 0.2) is 11.4 Å². The molecule has 0 aromatic carbocycles. The van der Waals surface area contributed by atoms with E-state index in [0.29, 0.717) is 26.1 Å². The van der Waals surface area contributed by atoms with Gasteiger partial charge in [0.15, 0.2) is 0 Å². The van der Waals surface area contributed by atoms with Crippen LogP contribution in [0.3, 0.4) is 0 Å². The highest BCUT2D eigenvalue weighted by Gasteiger charge is 2.34. The summed E-state index contributed by atoms with van der Waals surface area (Å²) >= 11 is 1.43. The Morgan fingerprint density at radius 1 is 1.59 bits per heavy atom. The van der Waals surface area contributed by atoms with E-state index in [1.807, 2.05) is 18.4 Å². The molecule has 5 heteroatoms. The average Bonchev–Trinajstić information content (AvgIpc) is 2.77. The molecule has 2 rings (SSSR count). The summed E-state index contributed by atoms with van der Waals surface area (Å²) in [5.74, 6) is -0.0894. The predicted octanol–water partition coefficient (Wildman–Crippen LogP) is 1.33. The second-order valence-corrected chi connectivity index (χ2v) is 5.35. The van der Waals surface area contributed by atoms with E-state index in [1.54, 1.807) is 0 Å². The molecule has 0 spiro atoms. The average molecular weight is 255 g/mol. The van der Waals surface area contributed by atoms with Crippen molar-refractivity contribution in [3.05, 3.63) is 21.9 Å². The lowest BCUT2D eigenvalue weighted by molar-refractivity contribution is 0.0126. The van der Waals surface area contributed by atoms with Crippen LogP contribution >= 0.6 is 11.3 Å². The molecule has 2 heterocycles. The largest absolute Gasteiger partial charge is 0.394 e. The van der Waals surface area contributed by atoms with Gasteiger partial charge in [0.25, 0.3) is 5.91 Å². The Morgan fingerprint density at radius 2 is 2.29 bits per heavy atom. The van der Waals surface area contributed by atoms with E-state index in [1.165, 1.54) is 11.3 Å². The van der Waals surface area contributed by atoms with Crippen molar-refractivity contribution < 1.29 is 14.6 Å². The molecule has 4 nitrogen and oxygen atoms in total. The number of rotatable bonds is 3. The molecule has 0 unspecified atom stereocenters. The van der Waals surface area contributed by atoms with Crippen LogP contribution < -0.4 is 5.32 Å². The van der Waals surface area contributed by atoms with Crippen LogP contribution in [0.4, 0.5) is 0 Å². The van der Waals surface area contributed by atoms with Gasteiger partial charge in [0, 0.05) is 13.2 Å². The smallest absolute Gasteiger partial charge is 0.262 e. The second-order valence-electron chi connectivity index (χ2n) is 4.44. The zero-order valence-electron chi connectivity index (χ0n) is 9.86. The molecule has 17 heavy (non-hydrogen) atoms. The van der Waals surface area contributed by atoms with E-state index in [9.17, 15) is 9.90 Å². The van der Waals surface area contributed by atoms with E-state index in [-0.39, 0.29) is 12.5 Å². The number of thiophene rings is 1. The zero-order valence-corrected chi connectivity index (χ0v) is 10.7. The number of aliphatic hydroxyl groups excluding tert-OH is 1. The third kappa shape index (κ3) is 2.68. The SMILES string of the molecule is Cc1ccsc1C(=O)NC1(CO)CCOCC1. The number of carbonyl (C=O) groups is 1. The third-order valence-corrected chi connectivity index (χ3v) is 4.21. The van der Waals surface area contributed by atoms with Gasteiger partial charge < -0.3 is 15.2 Å². The van der Waals surface area contributed by atoms with E-state index in [0.717, 1.165) is 10.4 Å². The van der Waals surface area contributed by atoms with Crippen LogP contribution in [0.5, 0.6) is 0 Å². The van der Waals surface area contributed by atoms with Gasteiger partial charge in [0.05, 0.1) is 17.0 Å². The molecular formula is C12H17NO3S. The molecule has 2 N–H and O–H groups in total. The van der Waals surface area contributed by atoms with E-state index in [2.05, 4.69) is 5.32 Å². The summed E-state index contributed by atoms with van der Waals surface area (Å²) in [4.78, 5) is 12.8. The van der Waals surface area contributed by atoms with E-state index < -0.39 is 5.54 Å². The van der Waals surface area contributed by atoms with Gasteiger partial charge in [-0.25, -0.2) is 0 Å². The maximum Gasteiger partial charge on any atom is 0.262 e. The molecule has 1 saturated heterocycles. The lowest BCUT2D eigenvalue weighted by atomic mass is 9.91. The first-order valence-electron chi connectivity index (χ1n) is 5.72. The number of aliphatic hydroxyl groups is 1. The van der Waals surface area contributed by atoms with Gasteiger partial charge in [-0.1, -0.05) is 0 Å². The Morgan fingerprint density at radius 3 is 2.82 bits per heavy atom. The number of ether oxygens (including phenoxy) is 1. The maximum atomic E-state index is 12.1. The summed E-state index contributed by atoms with van der Waals surface area (Å²) in [6, 6.07) is 1.93. The summed E-state index contributed by atoms with van der Waals surface area (Å²) in [6.07, 6.45) is 1.33. The molecule has 1 amide bonds. The fourth-order valence-corrected chi connectivity index (χ4v) is 2.81. The van der Waals surface area contributed by atoms with Gasteiger partial charge in [0.2, 0.25) is 0 Å². The quantitative estimate of drug-likeness (QED) is 0.856. The number of carbonyl (C=O) groups excluding carboxylic acids is 1. The standard InChI is InChI=1S/C12H17NO3S/c1-9-2-7-17-10(9)11(15)13-12(8-14)3-5-16-6-4-12/h2,7,14H,3-6,8H2,1H3,(H,13,15). The second kappa shape index (κ2) is 5.16. The Hall–Kier alpha value is -0.910. The highest BCUT2D eigenvalue weighted by Crippen LogP contribution is 2.22. The number of amides is 1. The number of aryl methyl sites for hydroxylation is 1. The molecule has 1 fully saturated rings. The van der Waals surface area contributed by atoms with Gasteiger partial charge in [-0.2, -0.15) is 0 Å². The van der Waals surface area contributed by atoms with Crippen LogP contribution in [0, 0.1) is 6.92 Å². The maximum absolute atomic E-state index is 12.1. The Kier molecular flexibility index (Phi) is 3.81. The van der Waals surface area contributed by atoms with Crippen LogP contribution in [0.25, 0.3) is 0 Å². The van der Waals surface area contributed by atoms with Gasteiger partial charge in [0.1, 0.15) is 0 Å². The minimum absolute atomic E-state index is 0.0352. The molecule has 1 aromatic heterocycles. The normalized spacial score (nSPS) is 18.9. The molecule has 0 radical (unpaired) electrons. The first kappa shape index (κ1) is 12.5. The third-order valence-electron chi connectivity index (χ3n) is 3.20. The van der Waals surface area contributed by atoms with Gasteiger partial charge in [-0.3, -0.25) is 4.79 Å². The Labute approximate surface area is 105 Å². The number of nitrogens with one attached hydrogen (secondary N) is 1. The molecule has 0 saturated carbocycles. The minimum Gasteiger partial charge on any atom is -0.394 e. The number of hydrogen-bond acceptors (Lipinski definition) is 4. The number of hydrogen-bond donors (Lipinski definition) is 2. The van der Waals surface area contributed by atoms with Crippen molar-refractivity contribution in [2.75, 3.05) is 19.8 Å². The monoisotopic (exact) mass is 255 g/mol. The zero-order chi connectivity index (χ0) is 12.3. The van der Waals surface area contributed by atoms with Crippen molar-refractivity contribution in [1.29, 1.82) is 0 Å². The topological polar surface area (TPSA) is 58.6 Å². The lowest BCUT2D eigenvalue weighted by Crippen LogP contribution is -2.54. The van der Waals surface area contributed by atoms with Gasteiger partial charge in [-0.05, 0) is 36.8 Å². The van der Waals surface area contributed by atoms with E-state index >= 15 is 0 Å². The van der Waals surface area contributed by atoms with Crippen LogP contribution in [-0.2, 0) is 4.74 Å². The summed E-state index contributed by atoms with van der Waals surface area (Å²) in [7, 11) is 0. The highest BCUT2D eigenvalue weighted by molar-refractivity contribution is 7.12. The van der Waals surface area contributed by atoms with Gasteiger partial charge >= 0.3 is 0 Å². The molecule has 1 aromatic rings. The van der Waals surface area contributed by atoms with Crippen molar-refractivity contribution in [2.24, 2.45) is 0 Å². The van der Waals surface area contributed by atoms with Gasteiger partial charge in [-0.15, -0.1) is 11.3 Å². The van der Waals surface area contributed by atoms with Crippen molar-refractivity contribution in [2.45, 2.75) is 25.3 Å². The molecule has 1 aliphatic rings. The molecule has 1 aliphatic heterocycles. The first-order valence-corrected chi connectivity index (χ1v) is 6.60. The molecule has 94 valence electrons. The lowest BCUT2D eigenvalue weighted by Gasteiger charge is -2.36. The Balaban J connectivity index is 2.08. The molecule has 0 bridgehead atoms. The van der Waals surface area contributed by atoms with Crippen LogP contribution in [-0.4, -0.2) is 36.4 Å². The first-order chi connectivity index (χ1) is 8.17. The summed E-state index contributed by atoms with van der Waals surface area (Å²) < 4.78 is 5.26. The van der Waals surface area contributed by atoms with Crippen molar-refractivity contribution in [3.8, 4) is 0 Å². The van der Waals surface area contributed by atoms with Crippen molar-refractivity contribution in [3.63, 3.8) is 0 Å².